The first-order valence-corrected chi connectivity index (χ1v) is 20.3. The Hall–Kier alpha value is -7.44. The highest BCUT2D eigenvalue weighted by Crippen LogP contribution is 2.37. The van der Waals surface area contributed by atoms with E-state index in [1.54, 1.807) is 0 Å². The van der Waals surface area contributed by atoms with Crippen LogP contribution in [0.25, 0.3) is 117 Å². The molecule has 0 spiro atoms. The summed E-state index contributed by atoms with van der Waals surface area (Å²) in [6, 6.07) is 48.0. The van der Waals surface area contributed by atoms with Crippen LogP contribution in [0.4, 0.5) is 0 Å². The molecule has 0 N–H and O–H groups in total. The minimum absolute atomic E-state index is 0.126. The van der Waals surface area contributed by atoms with Crippen molar-refractivity contribution in [1.82, 2.24) is 19.5 Å². The standard InChI is InChI=1S/C51H24B6N4O2/c52-39-36-37-41(54)45(61-33-20-9-7-16-28(33)29-23-22-27(24-34(29)61)25-12-3-1-4-13-25)43(56)44(57)48(37)63-47(36)42(55)38(40(39)53)51-59-49(26-14-5-2-6-15-26)58-50(60-51)32-19-11-18-31-30-17-8-10-21-35(30)62-46(31)32/h1-24H. The molecule has 0 saturated carbocycles. The average molecular weight is 790 g/mol. The minimum Gasteiger partial charge on any atom is -0.457 e. The molecule has 0 bridgehead atoms. The molecule has 0 aliphatic rings. The number of rotatable bonds is 5. The van der Waals surface area contributed by atoms with E-state index in [2.05, 4.69) is 36.4 Å². The van der Waals surface area contributed by atoms with Crippen LogP contribution in [0.1, 0.15) is 0 Å². The van der Waals surface area contributed by atoms with Crippen LogP contribution in [0, 0.1) is 0 Å². The molecule has 0 atom stereocenters. The summed E-state index contributed by atoms with van der Waals surface area (Å²) in [5.74, 6) is 0.910. The predicted molar refractivity (Wildman–Crippen MR) is 263 cm³/mol. The maximum Gasteiger partial charge on any atom is 0.167 e. The van der Waals surface area contributed by atoms with Crippen LogP contribution in [0.5, 0.6) is 0 Å². The van der Waals surface area contributed by atoms with Crippen molar-refractivity contribution in [1.29, 1.82) is 0 Å². The van der Waals surface area contributed by atoms with Gasteiger partial charge in [-0.1, -0.05) is 149 Å². The minimum atomic E-state index is 0.126. The maximum atomic E-state index is 7.29. The second kappa shape index (κ2) is 14.0. The van der Waals surface area contributed by atoms with Crippen LogP contribution in [-0.2, 0) is 0 Å². The lowest BCUT2D eigenvalue weighted by molar-refractivity contribution is 0.669. The Kier molecular flexibility index (Phi) is 8.32. The van der Waals surface area contributed by atoms with Crippen LogP contribution in [0.2, 0.25) is 0 Å². The van der Waals surface area contributed by atoms with Gasteiger partial charge in [0.2, 0.25) is 0 Å². The van der Waals surface area contributed by atoms with E-state index >= 15 is 0 Å². The molecule has 12 heteroatoms. The van der Waals surface area contributed by atoms with Crippen LogP contribution in [0.3, 0.4) is 0 Å². The highest BCUT2D eigenvalue weighted by molar-refractivity contribution is 6.64. The van der Waals surface area contributed by atoms with Gasteiger partial charge in [0, 0.05) is 49.1 Å². The molecule has 0 amide bonds. The van der Waals surface area contributed by atoms with Gasteiger partial charge in [0.15, 0.2) is 17.5 Å². The number of furan rings is 2. The van der Waals surface area contributed by atoms with Crippen molar-refractivity contribution in [3.05, 3.63) is 146 Å². The fourth-order valence-corrected chi connectivity index (χ4v) is 9.12. The van der Waals surface area contributed by atoms with Crippen molar-refractivity contribution in [3.63, 3.8) is 0 Å². The third-order valence-electron chi connectivity index (χ3n) is 12.1. The molecule has 8 aromatic carbocycles. The number of fused-ring (bicyclic) bond motifs is 9. The lowest BCUT2D eigenvalue weighted by atomic mass is 9.68. The molecule has 0 unspecified atom stereocenters. The molecular formula is C51H24B6N4O2. The molecular weight excluding hydrogens is 765 g/mol. The van der Waals surface area contributed by atoms with E-state index in [4.69, 9.17) is 70.9 Å². The van der Waals surface area contributed by atoms with Gasteiger partial charge in [-0.25, -0.2) is 15.0 Å². The van der Waals surface area contributed by atoms with Crippen molar-refractivity contribution in [2.75, 3.05) is 0 Å². The van der Waals surface area contributed by atoms with Crippen molar-refractivity contribution in [2.24, 2.45) is 0 Å². The predicted octanol–water partition coefficient (Wildman–Crippen LogP) is 6.20. The molecule has 6 nitrogen and oxygen atoms in total. The molecule has 278 valence electrons. The summed E-state index contributed by atoms with van der Waals surface area (Å²) < 4.78 is 15.0. The van der Waals surface area contributed by atoms with E-state index in [0.29, 0.717) is 39.3 Å². The third-order valence-corrected chi connectivity index (χ3v) is 12.1. The van der Waals surface area contributed by atoms with Crippen LogP contribution < -0.4 is 32.8 Å². The summed E-state index contributed by atoms with van der Waals surface area (Å²) in [5.41, 5.74) is 8.91. The van der Waals surface area contributed by atoms with Gasteiger partial charge < -0.3 is 13.4 Å². The summed E-state index contributed by atoms with van der Waals surface area (Å²) in [4.78, 5) is 14.9. The van der Waals surface area contributed by atoms with E-state index in [9.17, 15) is 0 Å². The van der Waals surface area contributed by atoms with Crippen molar-refractivity contribution in [2.45, 2.75) is 0 Å². The number of para-hydroxylation sites is 3. The van der Waals surface area contributed by atoms with Gasteiger partial charge in [-0.15, -0.1) is 0 Å². The van der Waals surface area contributed by atoms with Crippen LogP contribution >= 0.6 is 0 Å². The van der Waals surface area contributed by atoms with Gasteiger partial charge in [-0.2, -0.15) is 0 Å². The second-order valence-electron chi connectivity index (χ2n) is 15.6. The van der Waals surface area contributed by atoms with Crippen LogP contribution in [0.15, 0.2) is 154 Å². The number of hydrogen-bond acceptors (Lipinski definition) is 5. The largest absolute Gasteiger partial charge is 0.457 e. The first kappa shape index (κ1) is 37.3. The molecule has 4 aromatic heterocycles. The summed E-state index contributed by atoms with van der Waals surface area (Å²) in [6.45, 7) is 0. The highest BCUT2D eigenvalue weighted by Gasteiger charge is 2.27. The van der Waals surface area contributed by atoms with Gasteiger partial charge in [-0.3, -0.25) is 0 Å². The molecule has 12 radical (unpaired) electrons. The molecule has 0 aliphatic carbocycles. The Morgan fingerprint density at radius 2 is 1.00 bits per heavy atom. The van der Waals surface area contributed by atoms with Gasteiger partial charge in [0.05, 0.1) is 16.6 Å². The fraction of sp³-hybridized carbons (Fsp3) is 0. The Balaban J connectivity index is 1.11. The second-order valence-corrected chi connectivity index (χ2v) is 15.6. The Morgan fingerprint density at radius 1 is 0.381 bits per heavy atom. The maximum absolute atomic E-state index is 7.29. The summed E-state index contributed by atoms with van der Waals surface area (Å²) in [7, 11) is 42.5. The molecule has 12 rings (SSSR count). The quantitative estimate of drug-likeness (QED) is 0.195. The lowest BCUT2D eigenvalue weighted by Gasteiger charge is -2.20. The van der Waals surface area contributed by atoms with E-state index in [1.165, 1.54) is 0 Å². The topological polar surface area (TPSA) is 69.9 Å². The van der Waals surface area contributed by atoms with Crippen molar-refractivity contribution in [3.8, 4) is 51.0 Å². The molecule has 0 fully saturated rings. The van der Waals surface area contributed by atoms with E-state index in [1.807, 2.05) is 114 Å². The fourth-order valence-electron chi connectivity index (χ4n) is 9.12. The SMILES string of the molecule is [B]c1c(-n2c3ccccc3c3ccc(-c4ccccc4)cc32)c([B])c2c(oc3c([B])c(-c4nc(-c5ccccc5)nc(-c5cccc6c5oc5ccccc56)n4)c([B])c([B])c32)c1[B]. The number of nitrogens with zero attached hydrogens (tertiary/aromatic N) is 4. The van der Waals surface area contributed by atoms with E-state index in [0.717, 1.165) is 54.9 Å². The zero-order valence-electron chi connectivity index (χ0n) is 33.4. The van der Waals surface area contributed by atoms with Crippen molar-refractivity contribution >= 4 is 146 Å². The van der Waals surface area contributed by atoms with Gasteiger partial charge in [0.1, 0.15) is 69.4 Å². The van der Waals surface area contributed by atoms with Crippen LogP contribution in [-0.4, -0.2) is 66.6 Å². The highest BCUT2D eigenvalue weighted by atomic mass is 16.3. The first-order chi connectivity index (χ1) is 30.8. The van der Waals surface area contributed by atoms with E-state index in [-0.39, 0.29) is 55.3 Å². The monoisotopic (exact) mass is 790 g/mol. The Labute approximate surface area is 368 Å². The molecule has 12 aromatic rings. The lowest BCUT2D eigenvalue weighted by Crippen LogP contribution is -2.37. The number of hydrogen-bond donors (Lipinski definition) is 0. The smallest absolute Gasteiger partial charge is 0.167 e. The number of aromatic nitrogens is 4. The van der Waals surface area contributed by atoms with Gasteiger partial charge >= 0.3 is 0 Å². The summed E-state index contributed by atoms with van der Waals surface area (Å²) in [5, 5.41) is 4.75. The van der Waals surface area contributed by atoms with Gasteiger partial charge in [0.25, 0.3) is 0 Å². The summed E-state index contributed by atoms with van der Waals surface area (Å²) >= 11 is 0. The molecule has 4 heterocycles. The molecule has 0 aliphatic heterocycles. The summed E-state index contributed by atoms with van der Waals surface area (Å²) in [6.07, 6.45) is 0. The Morgan fingerprint density at radius 3 is 1.79 bits per heavy atom. The Bertz CT molecular complexity index is 3880. The average Bonchev–Trinajstić information content (AvgIpc) is 4.02. The molecule has 63 heavy (non-hydrogen) atoms. The van der Waals surface area contributed by atoms with Gasteiger partial charge in [-0.05, 0) is 40.9 Å². The van der Waals surface area contributed by atoms with E-state index < -0.39 is 0 Å². The van der Waals surface area contributed by atoms with Crippen molar-refractivity contribution < 1.29 is 8.83 Å². The first-order valence-electron chi connectivity index (χ1n) is 20.3. The zero-order chi connectivity index (χ0) is 42.7. The normalized spacial score (nSPS) is 11.9. The third kappa shape index (κ3) is 5.50. The molecule has 0 saturated heterocycles. The number of benzene rings is 8. The zero-order valence-corrected chi connectivity index (χ0v) is 33.4.